The molecule has 2 aromatic rings. The predicted octanol–water partition coefficient (Wildman–Crippen LogP) is 0.734. The Morgan fingerprint density at radius 1 is 1.17 bits per heavy atom. The van der Waals surface area contributed by atoms with E-state index in [2.05, 4.69) is 10.5 Å². The fraction of sp³-hybridized carbons (Fsp3) is 0.421. The molecule has 0 saturated carbocycles. The molecule has 1 aliphatic rings. The maximum atomic E-state index is 12.5. The lowest BCUT2D eigenvalue weighted by molar-refractivity contribution is -0.132. The topological polar surface area (TPSA) is 128 Å². The van der Waals surface area contributed by atoms with Gasteiger partial charge in [-0.05, 0) is 25.1 Å². The number of hydrogen-bond donors (Lipinski definition) is 1. The van der Waals surface area contributed by atoms with Gasteiger partial charge in [0, 0.05) is 19.2 Å². The van der Waals surface area contributed by atoms with Crippen LogP contribution in [0.2, 0.25) is 0 Å². The van der Waals surface area contributed by atoms with Crippen molar-refractivity contribution < 1.29 is 32.0 Å². The number of carbonyl (C=O) groups is 2. The van der Waals surface area contributed by atoms with E-state index >= 15 is 0 Å². The molecule has 2 amide bonds. The van der Waals surface area contributed by atoms with Crippen LogP contribution in [0.15, 0.2) is 28.8 Å². The lowest BCUT2D eigenvalue weighted by atomic mass is 10.1. The summed E-state index contributed by atoms with van der Waals surface area (Å²) >= 11 is 0. The number of aromatic nitrogens is 1. The maximum Gasteiger partial charge on any atom is 0.274 e. The lowest BCUT2D eigenvalue weighted by Crippen LogP contribution is -2.51. The number of ether oxygens (including phenoxy) is 2. The van der Waals surface area contributed by atoms with Crippen molar-refractivity contribution in [1.29, 1.82) is 0 Å². The highest BCUT2D eigenvalue weighted by Gasteiger charge is 2.29. The van der Waals surface area contributed by atoms with Gasteiger partial charge < -0.3 is 24.2 Å². The van der Waals surface area contributed by atoms with Crippen molar-refractivity contribution in [1.82, 2.24) is 15.4 Å². The molecule has 1 atom stereocenters. The van der Waals surface area contributed by atoms with E-state index in [1.807, 2.05) is 0 Å². The van der Waals surface area contributed by atoms with Gasteiger partial charge in [0.2, 0.25) is 5.91 Å². The summed E-state index contributed by atoms with van der Waals surface area (Å²) in [4.78, 5) is 26.4. The van der Waals surface area contributed by atoms with Gasteiger partial charge in [-0.15, -0.1) is 0 Å². The zero-order valence-corrected chi connectivity index (χ0v) is 17.7. The summed E-state index contributed by atoms with van der Waals surface area (Å²) in [6, 6.07) is 5.72. The minimum absolute atomic E-state index is 0.00394. The molecule has 1 N–H and O–H groups in total. The van der Waals surface area contributed by atoms with E-state index in [4.69, 9.17) is 14.0 Å². The Balaban J connectivity index is 1.69. The molecular formula is C19H23N3O7S. The van der Waals surface area contributed by atoms with E-state index in [0.29, 0.717) is 22.8 Å². The summed E-state index contributed by atoms with van der Waals surface area (Å²) in [6.07, 6.45) is 0. The van der Waals surface area contributed by atoms with Crippen molar-refractivity contribution in [3.8, 4) is 22.8 Å². The molecule has 30 heavy (non-hydrogen) atoms. The second kappa shape index (κ2) is 8.74. The smallest absolute Gasteiger partial charge is 0.274 e. The zero-order valence-electron chi connectivity index (χ0n) is 16.9. The molecular weight excluding hydrogens is 414 g/mol. The number of nitrogens with zero attached hydrogens (tertiary/aromatic N) is 2. The molecule has 0 radical (unpaired) electrons. The Labute approximate surface area is 174 Å². The van der Waals surface area contributed by atoms with Crippen LogP contribution in [0.4, 0.5) is 0 Å². The van der Waals surface area contributed by atoms with Crippen LogP contribution in [-0.2, 0) is 14.6 Å². The van der Waals surface area contributed by atoms with Crippen LogP contribution in [0.3, 0.4) is 0 Å². The summed E-state index contributed by atoms with van der Waals surface area (Å²) < 4.78 is 38.8. The highest BCUT2D eigenvalue weighted by Crippen LogP contribution is 2.33. The molecule has 10 nitrogen and oxygen atoms in total. The molecule has 1 fully saturated rings. The summed E-state index contributed by atoms with van der Waals surface area (Å²) in [6.45, 7) is 1.77. The minimum atomic E-state index is -3.10. The van der Waals surface area contributed by atoms with Crippen LogP contribution in [-0.4, -0.2) is 75.1 Å². The molecule has 1 saturated heterocycles. The van der Waals surface area contributed by atoms with E-state index in [9.17, 15) is 18.0 Å². The van der Waals surface area contributed by atoms with Gasteiger partial charge in [0.15, 0.2) is 21.3 Å². The minimum Gasteiger partial charge on any atom is -0.497 e. The van der Waals surface area contributed by atoms with Gasteiger partial charge in [0.05, 0.1) is 31.3 Å². The Bertz CT molecular complexity index is 1030. The van der Waals surface area contributed by atoms with E-state index in [1.54, 1.807) is 18.2 Å². The van der Waals surface area contributed by atoms with Crippen LogP contribution in [0, 0.1) is 0 Å². The van der Waals surface area contributed by atoms with Crippen LogP contribution >= 0.6 is 0 Å². The van der Waals surface area contributed by atoms with Gasteiger partial charge >= 0.3 is 0 Å². The van der Waals surface area contributed by atoms with Crippen LogP contribution in [0.1, 0.15) is 17.4 Å². The first-order valence-corrected chi connectivity index (χ1v) is 11.1. The van der Waals surface area contributed by atoms with E-state index < -0.39 is 21.8 Å². The Kier molecular flexibility index (Phi) is 6.30. The fourth-order valence-corrected chi connectivity index (χ4v) is 4.26. The highest BCUT2D eigenvalue weighted by molar-refractivity contribution is 7.91. The van der Waals surface area contributed by atoms with Gasteiger partial charge in [-0.1, -0.05) is 5.16 Å². The fourth-order valence-electron chi connectivity index (χ4n) is 3.05. The first kappa shape index (κ1) is 21.6. The highest BCUT2D eigenvalue weighted by atomic mass is 32.2. The van der Waals surface area contributed by atoms with Gasteiger partial charge in [0.1, 0.15) is 17.5 Å². The molecule has 0 aliphatic carbocycles. The van der Waals surface area contributed by atoms with Crippen LogP contribution < -0.4 is 14.8 Å². The van der Waals surface area contributed by atoms with E-state index in [1.165, 1.54) is 32.1 Å². The second-order valence-corrected chi connectivity index (χ2v) is 9.12. The molecule has 1 aromatic carbocycles. The van der Waals surface area contributed by atoms with E-state index in [-0.39, 0.29) is 36.2 Å². The number of carbonyl (C=O) groups excluding carboxylic acids is 2. The Morgan fingerprint density at radius 3 is 2.50 bits per heavy atom. The molecule has 0 bridgehead atoms. The summed E-state index contributed by atoms with van der Waals surface area (Å²) in [5, 5.41) is 6.35. The van der Waals surface area contributed by atoms with Gasteiger partial charge in [0.25, 0.3) is 5.91 Å². The van der Waals surface area contributed by atoms with Crippen LogP contribution in [0.25, 0.3) is 11.3 Å². The Morgan fingerprint density at radius 2 is 1.87 bits per heavy atom. The standard InChI is InChI=1S/C19H23N3O7S/c1-12(19(24)22-6-8-30(25,26)9-7-22)20-18(23)15-11-17(29-21-15)14-10-13(27-2)4-5-16(14)28-3/h4-5,10-12H,6-9H2,1-3H3,(H,20,23). The molecule has 2 heterocycles. The zero-order chi connectivity index (χ0) is 21.9. The van der Waals surface area contributed by atoms with Gasteiger partial charge in [-0.3, -0.25) is 9.59 Å². The number of nitrogens with one attached hydrogen (secondary N) is 1. The Hall–Kier alpha value is -3.08. The van der Waals surface area contributed by atoms with Crippen molar-refractivity contribution in [2.45, 2.75) is 13.0 Å². The third-order valence-electron chi connectivity index (χ3n) is 4.79. The largest absolute Gasteiger partial charge is 0.497 e. The summed E-state index contributed by atoms with van der Waals surface area (Å²) in [5.41, 5.74) is 0.554. The lowest BCUT2D eigenvalue weighted by Gasteiger charge is -2.29. The molecule has 1 aliphatic heterocycles. The van der Waals surface area contributed by atoms with Gasteiger partial charge in [-0.2, -0.15) is 0 Å². The number of hydrogen-bond acceptors (Lipinski definition) is 8. The number of methoxy groups -OCH3 is 2. The third kappa shape index (κ3) is 4.73. The summed E-state index contributed by atoms with van der Waals surface area (Å²) in [5.74, 6) is 0.311. The van der Waals surface area contributed by atoms with Crippen molar-refractivity contribution in [2.75, 3.05) is 38.8 Å². The monoisotopic (exact) mass is 437 g/mol. The maximum absolute atomic E-state index is 12.5. The quantitative estimate of drug-likeness (QED) is 0.701. The predicted molar refractivity (Wildman–Crippen MR) is 107 cm³/mol. The average molecular weight is 437 g/mol. The molecule has 11 heteroatoms. The van der Waals surface area contributed by atoms with Crippen LogP contribution in [0.5, 0.6) is 11.5 Å². The van der Waals surface area contributed by atoms with Crippen molar-refractivity contribution in [3.63, 3.8) is 0 Å². The normalized spacial score (nSPS) is 16.6. The first-order chi connectivity index (χ1) is 14.2. The summed E-state index contributed by atoms with van der Waals surface area (Å²) in [7, 11) is -0.0611. The number of rotatable bonds is 6. The van der Waals surface area contributed by atoms with Crippen molar-refractivity contribution >= 4 is 21.7 Å². The molecule has 1 unspecified atom stereocenters. The number of sulfone groups is 1. The van der Waals surface area contributed by atoms with Gasteiger partial charge in [-0.25, -0.2) is 8.42 Å². The molecule has 3 rings (SSSR count). The van der Waals surface area contributed by atoms with Crippen molar-refractivity contribution in [2.24, 2.45) is 0 Å². The molecule has 0 spiro atoms. The molecule has 162 valence electrons. The van der Waals surface area contributed by atoms with Crippen molar-refractivity contribution in [3.05, 3.63) is 30.0 Å². The number of benzene rings is 1. The third-order valence-corrected chi connectivity index (χ3v) is 6.40. The van der Waals surface area contributed by atoms with E-state index in [0.717, 1.165) is 0 Å². The average Bonchev–Trinajstić information content (AvgIpc) is 3.23. The number of amides is 2. The first-order valence-electron chi connectivity index (χ1n) is 9.23. The SMILES string of the molecule is COc1ccc(OC)c(-c2cc(C(=O)NC(C)C(=O)N3CCS(=O)(=O)CC3)no2)c1. The molecule has 1 aromatic heterocycles. The second-order valence-electron chi connectivity index (χ2n) is 6.81.